The molecule has 1 aromatic heterocycles. The molecule has 2 heterocycles. The third-order valence-electron chi connectivity index (χ3n) is 3.99. The number of nitrogens with one attached hydrogen (secondary N) is 1. The summed E-state index contributed by atoms with van der Waals surface area (Å²) in [6.45, 7) is 2.18. The van der Waals surface area contributed by atoms with Crippen molar-refractivity contribution in [2.45, 2.75) is 12.8 Å². The lowest BCUT2D eigenvalue weighted by Gasteiger charge is -2.19. The van der Waals surface area contributed by atoms with Gasteiger partial charge in [0.2, 0.25) is 0 Å². The highest BCUT2D eigenvalue weighted by Gasteiger charge is 2.20. The van der Waals surface area contributed by atoms with Crippen LogP contribution in [0, 0.1) is 0 Å². The number of carbonyl (C=O) groups is 1. The Balaban J connectivity index is 1.65. The molecule has 1 amide bonds. The van der Waals surface area contributed by atoms with Crippen LogP contribution in [0.5, 0.6) is 0 Å². The van der Waals surface area contributed by atoms with Crippen LogP contribution >= 0.6 is 0 Å². The van der Waals surface area contributed by atoms with Gasteiger partial charge in [-0.3, -0.25) is 4.79 Å². The van der Waals surface area contributed by atoms with Crippen molar-refractivity contribution in [1.29, 1.82) is 0 Å². The summed E-state index contributed by atoms with van der Waals surface area (Å²) in [5.74, 6) is -0.144. The predicted molar refractivity (Wildman–Crippen MR) is 90.2 cm³/mol. The third-order valence-corrected chi connectivity index (χ3v) is 3.99. The molecule has 1 aromatic carbocycles. The maximum Gasteiger partial charge on any atom is 0.269 e. The van der Waals surface area contributed by atoms with Gasteiger partial charge < -0.3 is 15.0 Å². The van der Waals surface area contributed by atoms with Gasteiger partial charge in [-0.1, -0.05) is 18.2 Å². The number of methoxy groups -OCH3 is 1. The maximum atomic E-state index is 12.0. The Labute approximate surface area is 136 Å². The Morgan fingerprint density at radius 3 is 2.96 bits per heavy atom. The fraction of sp³-hybridized carbons (Fsp3) is 0.333. The third kappa shape index (κ3) is 3.51. The molecule has 0 saturated carbocycles. The lowest BCUT2D eigenvalue weighted by atomic mass is 10.2. The summed E-state index contributed by atoms with van der Waals surface area (Å²) in [5.41, 5.74) is 4.04. The Hall–Kier alpha value is -2.40. The first-order valence-corrected chi connectivity index (χ1v) is 7.88. The number of anilines is 2. The van der Waals surface area contributed by atoms with Crippen LogP contribution in [0.2, 0.25) is 0 Å². The second kappa shape index (κ2) is 7.24. The van der Waals surface area contributed by atoms with Crippen LogP contribution in [0.3, 0.4) is 0 Å². The minimum absolute atomic E-state index is 0.144. The number of pyridine rings is 1. The van der Waals surface area contributed by atoms with Crippen LogP contribution in [0.25, 0.3) is 0 Å². The van der Waals surface area contributed by atoms with Gasteiger partial charge in [0.1, 0.15) is 5.69 Å². The van der Waals surface area contributed by atoms with Crippen LogP contribution < -0.4 is 10.2 Å². The van der Waals surface area contributed by atoms with Gasteiger partial charge in [-0.15, -0.1) is 0 Å². The topological polar surface area (TPSA) is 54.5 Å². The zero-order chi connectivity index (χ0) is 16.1. The largest absolute Gasteiger partial charge is 0.385 e. The smallest absolute Gasteiger partial charge is 0.269 e. The van der Waals surface area contributed by atoms with Crippen molar-refractivity contribution in [3.05, 3.63) is 53.9 Å². The second-order valence-electron chi connectivity index (χ2n) is 5.53. The highest BCUT2D eigenvalue weighted by atomic mass is 16.5. The van der Waals surface area contributed by atoms with E-state index in [1.54, 1.807) is 19.4 Å². The Morgan fingerprint density at radius 1 is 1.30 bits per heavy atom. The molecule has 0 saturated heterocycles. The molecule has 5 nitrogen and oxygen atoms in total. The molecule has 1 N–H and O–H groups in total. The first-order valence-electron chi connectivity index (χ1n) is 7.88. The van der Waals surface area contributed by atoms with E-state index in [4.69, 9.17) is 4.74 Å². The Morgan fingerprint density at radius 2 is 2.17 bits per heavy atom. The van der Waals surface area contributed by atoms with Crippen molar-refractivity contribution in [3.63, 3.8) is 0 Å². The predicted octanol–water partition coefficient (Wildman–Crippen LogP) is 2.54. The number of amides is 1. The summed E-state index contributed by atoms with van der Waals surface area (Å²) in [4.78, 5) is 18.6. The minimum atomic E-state index is -0.144. The number of carbonyl (C=O) groups excluding carboxylic acids is 1. The van der Waals surface area contributed by atoms with Gasteiger partial charge in [-0.2, -0.15) is 0 Å². The summed E-state index contributed by atoms with van der Waals surface area (Å²) < 4.78 is 4.96. The average Bonchev–Trinajstić information content (AvgIpc) is 3.03. The molecule has 5 heteroatoms. The van der Waals surface area contributed by atoms with Gasteiger partial charge in [0.05, 0.1) is 11.9 Å². The molecule has 0 fully saturated rings. The van der Waals surface area contributed by atoms with Crippen molar-refractivity contribution in [1.82, 2.24) is 10.3 Å². The van der Waals surface area contributed by atoms with E-state index in [1.165, 1.54) is 11.3 Å². The van der Waals surface area contributed by atoms with E-state index in [0.29, 0.717) is 18.8 Å². The van der Waals surface area contributed by atoms with Gasteiger partial charge in [0, 0.05) is 32.5 Å². The number of hydrogen-bond donors (Lipinski definition) is 1. The molecule has 2 aromatic rings. The Kier molecular flexibility index (Phi) is 4.88. The first kappa shape index (κ1) is 15.5. The molecule has 0 bridgehead atoms. The fourth-order valence-corrected chi connectivity index (χ4v) is 2.80. The molecule has 120 valence electrons. The normalized spacial score (nSPS) is 13.0. The van der Waals surface area contributed by atoms with E-state index in [0.717, 1.165) is 25.1 Å². The SMILES string of the molecule is COCCCNC(=O)c1ccc(N2CCc3ccccc32)cn1. The van der Waals surface area contributed by atoms with E-state index in [-0.39, 0.29) is 5.91 Å². The van der Waals surface area contributed by atoms with Crippen molar-refractivity contribution < 1.29 is 9.53 Å². The van der Waals surface area contributed by atoms with Crippen LogP contribution in [-0.4, -0.2) is 37.7 Å². The molecule has 1 aliphatic rings. The molecule has 0 radical (unpaired) electrons. The van der Waals surface area contributed by atoms with E-state index < -0.39 is 0 Å². The summed E-state index contributed by atoms with van der Waals surface area (Å²) in [6.07, 6.45) is 3.61. The summed E-state index contributed by atoms with van der Waals surface area (Å²) in [6, 6.07) is 12.1. The molecule has 0 spiro atoms. The summed E-state index contributed by atoms with van der Waals surface area (Å²) in [5, 5.41) is 2.84. The Bertz CT molecular complexity index is 670. The maximum absolute atomic E-state index is 12.0. The number of hydrogen-bond acceptors (Lipinski definition) is 4. The summed E-state index contributed by atoms with van der Waals surface area (Å²) >= 11 is 0. The fourth-order valence-electron chi connectivity index (χ4n) is 2.80. The number of rotatable bonds is 6. The molecule has 23 heavy (non-hydrogen) atoms. The molecule has 0 aliphatic carbocycles. The molecule has 1 aliphatic heterocycles. The zero-order valence-electron chi connectivity index (χ0n) is 13.3. The number of ether oxygens (including phenoxy) is 1. The molecule has 0 atom stereocenters. The molecular formula is C18H21N3O2. The zero-order valence-corrected chi connectivity index (χ0v) is 13.3. The monoisotopic (exact) mass is 311 g/mol. The van der Waals surface area contributed by atoms with Gasteiger partial charge in [0.15, 0.2) is 0 Å². The standard InChI is InChI=1S/C18H21N3O2/c1-23-12-4-10-19-18(22)16-8-7-15(13-20-16)21-11-9-14-5-2-3-6-17(14)21/h2-3,5-8,13H,4,9-12H2,1H3,(H,19,22). The van der Waals surface area contributed by atoms with Gasteiger partial charge in [-0.05, 0) is 36.6 Å². The molecule has 0 unspecified atom stereocenters. The average molecular weight is 311 g/mol. The van der Waals surface area contributed by atoms with Crippen LogP contribution in [0.1, 0.15) is 22.5 Å². The first-order chi connectivity index (χ1) is 11.3. The van der Waals surface area contributed by atoms with E-state index in [1.807, 2.05) is 12.1 Å². The number of benzene rings is 1. The van der Waals surface area contributed by atoms with Crippen molar-refractivity contribution in [3.8, 4) is 0 Å². The van der Waals surface area contributed by atoms with Gasteiger partial charge in [0.25, 0.3) is 5.91 Å². The quantitative estimate of drug-likeness (QED) is 0.833. The van der Waals surface area contributed by atoms with Gasteiger partial charge >= 0.3 is 0 Å². The van der Waals surface area contributed by atoms with Crippen molar-refractivity contribution >= 4 is 17.3 Å². The van der Waals surface area contributed by atoms with Crippen LogP contribution in [0.15, 0.2) is 42.6 Å². The van der Waals surface area contributed by atoms with Gasteiger partial charge in [-0.25, -0.2) is 4.98 Å². The number of nitrogens with zero attached hydrogens (tertiary/aromatic N) is 2. The highest BCUT2D eigenvalue weighted by Crippen LogP contribution is 2.33. The summed E-state index contributed by atoms with van der Waals surface area (Å²) in [7, 11) is 1.65. The van der Waals surface area contributed by atoms with E-state index in [2.05, 4.69) is 33.4 Å². The van der Waals surface area contributed by atoms with Crippen molar-refractivity contribution in [2.75, 3.05) is 31.7 Å². The lowest BCUT2D eigenvalue weighted by molar-refractivity contribution is 0.0943. The van der Waals surface area contributed by atoms with Crippen molar-refractivity contribution in [2.24, 2.45) is 0 Å². The highest BCUT2D eigenvalue weighted by molar-refractivity contribution is 5.92. The van der Waals surface area contributed by atoms with E-state index >= 15 is 0 Å². The number of aromatic nitrogens is 1. The molecule has 3 rings (SSSR count). The number of fused-ring (bicyclic) bond motifs is 1. The lowest BCUT2D eigenvalue weighted by Crippen LogP contribution is -2.26. The van der Waals surface area contributed by atoms with Crippen LogP contribution in [0.4, 0.5) is 11.4 Å². The minimum Gasteiger partial charge on any atom is -0.385 e. The van der Waals surface area contributed by atoms with E-state index in [9.17, 15) is 4.79 Å². The molecular weight excluding hydrogens is 290 g/mol. The second-order valence-corrected chi connectivity index (χ2v) is 5.53. The number of para-hydroxylation sites is 1. The van der Waals surface area contributed by atoms with Crippen LogP contribution in [-0.2, 0) is 11.2 Å².